The maximum absolute atomic E-state index is 17.4. The van der Waals surface area contributed by atoms with Gasteiger partial charge in [-0.05, 0) is 99.3 Å². The molecule has 2 amide bonds. The van der Waals surface area contributed by atoms with Crippen molar-refractivity contribution in [3.63, 3.8) is 0 Å². The SMILES string of the molecule is C=CC(=O)N1CCN(c2nc(OC[C@@H]3CCCN3CCc3nccc(/C=C/C(=O)N4CCN(c5nc(OCC67CCCN6CCC7)nc6c(F)c(-c7cccc8cccc(Cl)c78)ncc56)CC45COC5)n3)nc3c(F)c(-c4cccc5cccc(Cl)c45)ncc23)CC12COC2. The first kappa shape index (κ1) is 61.2. The van der Waals surface area contributed by atoms with Crippen molar-refractivity contribution in [1.82, 2.24) is 59.5 Å². The summed E-state index contributed by atoms with van der Waals surface area (Å²) in [6.45, 7) is 11.4. The molecular formula is C71H68Cl2F2N14O6. The van der Waals surface area contributed by atoms with Gasteiger partial charge in [-0.3, -0.25) is 29.4 Å². The minimum Gasteiger partial charge on any atom is -0.462 e. The molecule has 24 heteroatoms. The summed E-state index contributed by atoms with van der Waals surface area (Å²) in [6.07, 6.45) is 16.1. The molecule has 0 unspecified atom stereocenters. The Morgan fingerprint density at radius 3 is 1.76 bits per heavy atom. The van der Waals surface area contributed by atoms with E-state index >= 15 is 8.78 Å². The molecule has 0 aliphatic carbocycles. The van der Waals surface area contributed by atoms with Crippen molar-refractivity contribution in [3.05, 3.63) is 149 Å². The summed E-state index contributed by atoms with van der Waals surface area (Å²) < 4.78 is 59.4. The summed E-state index contributed by atoms with van der Waals surface area (Å²) in [5.41, 5.74) is 0.624. The van der Waals surface area contributed by atoms with Gasteiger partial charge in [-0.1, -0.05) is 90.4 Å². The van der Waals surface area contributed by atoms with Gasteiger partial charge >= 0.3 is 12.0 Å². The Hall–Kier alpha value is -8.64. The van der Waals surface area contributed by atoms with Crippen molar-refractivity contribution in [2.75, 3.05) is 115 Å². The second kappa shape index (κ2) is 24.8. The van der Waals surface area contributed by atoms with E-state index in [1.165, 1.54) is 6.08 Å². The molecule has 7 saturated heterocycles. The second-order valence-corrected chi connectivity index (χ2v) is 26.9. The van der Waals surface area contributed by atoms with Crippen molar-refractivity contribution in [2.45, 2.75) is 67.6 Å². The smallest absolute Gasteiger partial charge is 0.319 e. The molecule has 9 aromatic rings. The summed E-state index contributed by atoms with van der Waals surface area (Å²) >= 11 is 13.5. The van der Waals surface area contributed by atoms with Crippen LogP contribution in [0.1, 0.15) is 50.0 Å². The van der Waals surface area contributed by atoms with Crippen LogP contribution in [-0.4, -0.2) is 199 Å². The largest absolute Gasteiger partial charge is 0.462 e. The lowest BCUT2D eigenvalue weighted by atomic mass is 9.91. The quantitative estimate of drug-likeness (QED) is 0.0829. The summed E-state index contributed by atoms with van der Waals surface area (Å²) in [5, 5.41) is 4.88. The molecule has 0 radical (unpaired) electrons. The molecule has 95 heavy (non-hydrogen) atoms. The highest BCUT2D eigenvalue weighted by Gasteiger charge is 2.52. The van der Waals surface area contributed by atoms with Crippen LogP contribution in [0.25, 0.3) is 71.9 Å². The summed E-state index contributed by atoms with van der Waals surface area (Å²) in [6, 6.07) is 24.2. The van der Waals surface area contributed by atoms with Crippen LogP contribution in [0.3, 0.4) is 0 Å². The molecule has 7 aliphatic rings. The lowest BCUT2D eigenvalue weighted by Gasteiger charge is -2.55. The van der Waals surface area contributed by atoms with Crippen LogP contribution in [0, 0.1) is 11.6 Å². The van der Waals surface area contributed by atoms with E-state index in [-0.39, 0.29) is 64.4 Å². The molecule has 0 saturated carbocycles. The van der Waals surface area contributed by atoms with E-state index < -0.39 is 22.7 Å². The molecule has 2 spiro atoms. The van der Waals surface area contributed by atoms with E-state index in [1.807, 2.05) is 64.4 Å². The van der Waals surface area contributed by atoms with E-state index in [0.29, 0.717) is 151 Å². The number of pyridine rings is 2. The van der Waals surface area contributed by atoms with Gasteiger partial charge in [-0.2, -0.15) is 19.9 Å². The molecule has 16 rings (SSSR count). The number of fused-ring (bicyclic) bond motifs is 5. The van der Waals surface area contributed by atoms with Gasteiger partial charge in [0.05, 0.1) is 48.4 Å². The molecule has 0 N–H and O–H groups in total. The number of nitrogens with zero attached hydrogens (tertiary/aromatic N) is 14. The first-order chi connectivity index (χ1) is 46.4. The Balaban J connectivity index is 0.611. The van der Waals surface area contributed by atoms with Crippen molar-refractivity contribution >= 4 is 96.1 Å². The van der Waals surface area contributed by atoms with E-state index in [4.69, 9.17) is 77.0 Å². The number of amides is 2. The Labute approximate surface area is 556 Å². The predicted octanol–water partition coefficient (Wildman–Crippen LogP) is 10.2. The average molecular weight is 1320 g/mol. The van der Waals surface area contributed by atoms with E-state index in [0.717, 1.165) is 68.9 Å². The number of benzene rings is 4. The zero-order valence-electron chi connectivity index (χ0n) is 52.2. The van der Waals surface area contributed by atoms with Gasteiger partial charge in [0, 0.05) is 115 Å². The molecular weight excluding hydrogens is 1250 g/mol. The Morgan fingerprint density at radius 1 is 0.642 bits per heavy atom. The van der Waals surface area contributed by atoms with E-state index in [2.05, 4.69) is 26.3 Å². The van der Waals surface area contributed by atoms with Gasteiger partial charge in [0.15, 0.2) is 11.6 Å². The number of piperazine rings is 2. The number of halogens is 4. The average Bonchev–Trinajstić information content (AvgIpc) is 1.64. The molecule has 4 aromatic carbocycles. The van der Waals surface area contributed by atoms with Gasteiger partial charge in [0.1, 0.15) is 64.2 Å². The Bertz CT molecular complexity index is 4580. The lowest BCUT2D eigenvalue weighted by Crippen LogP contribution is -2.72. The molecule has 7 aliphatic heterocycles. The monoisotopic (exact) mass is 1320 g/mol. The van der Waals surface area contributed by atoms with Crippen molar-refractivity contribution < 1.29 is 37.3 Å². The summed E-state index contributed by atoms with van der Waals surface area (Å²) in [5.74, 6) is -0.0613. The highest BCUT2D eigenvalue weighted by atomic mass is 35.5. The standard InChI is InChI=1S/C71H68Cl2F2N14O6/c1-2-55(90)88-32-30-85(37-70(88)39-92-40-70)65-50-34-77-61(48-15-3-10-44-12-5-17-52(72)57(44)48)59(74)63(50)80-67(82-65)94-36-47-14-7-26-84(47)29-22-54-76-25-21-46(79-54)19-20-56(91)89-33-31-86(38-71(89)41-93-42-71)66-51-35-78-62(49-16-4-11-45-13-6-18-53(73)58(45)49)60(75)64(51)81-68(83-66)95-43-69-23-8-27-87(69)28-9-24-69/h2-6,10-13,15-21,25,34-35,47H,1,7-9,14,22-24,26-33,36-43H2/b20-19+/t47-/m0/s1. The zero-order chi connectivity index (χ0) is 64.6. The van der Waals surface area contributed by atoms with E-state index in [1.54, 1.807) is 59.9 Å². The molecule has 486 valence electrons. The molecule has 7 fully saturated rings. The fourth-order valence-corrected chi connectivity index (χ4v) is 16.2. The number of likely N-dealkylation sites (tertiary alicyclic amines) is 1. The maximum atomic E-state index is 17.4. The van der Waals surface area contributed by atoms with Crippen LogP contribution in [0.2, 0.25) is 10.0 Å². The number of hydrogen-bond donors (Lipinski definition) is 0. The number of carbonyl (C=O) groups is 2. The number of ether oxygens (including phenoxy) is 4. The predicted molar refractivity (Wildman–Crippen MR) is 359 cm³/mol. The zero-order valence-corrected chi connectivity index (χ0v) is 53.8. The van der Waals surface area contributed by atoms with Gasteiger partial charge in [0.2, 0.25) is 11.8 Å². The van der Waals surface area contributed by atoms with Gasteiger partial charge in [0.25, 0.3) is 0 Å². The fourth-order valence-electron chi connectivity index (χ4n) is 15.6. The van der Waals surface area contributed by atoms with Crippen LogP contribution in [-0.2, 0) is 25.5 Å². The van der Waals surface area contributed by atoms with Crippen molar-refractivity contribution in [3.8, 4) is 34.5 Å². The van der Waals surface area contributed by atoms with Crippen LogP contribution in [0.5, 0.6) is 12.0 Å². The topological polar surface area (TPSA) is 194 Å². The van der Waals surface area contributed by atoms with Crippen LogP contribution in [0.15, 0.2) is 116 Å². The third-order valence-electron chi connectivity index (χ3n) is 20.5. The van der Waals surface area contributed by atoms with Crippen molar-refractivity contribution in [1.29, 1.82) is 0 Å². The number of aromatic nitrogens is 8. The van der Waals surface area contributed by atoms with Crippen LogP contribution >= 0.6 is 23.2 Å². The first-order valence-electron chi connectivity index (χ1n) is 32.6. The van der Waals surface area contributed by atoms with Crippen LogP contribution in [0.4, 0.5) is 20.4 Å². The molecule has 1 atom stereocenters. The van der Waals surface area contributed by atoms with E-state index in [9.17, 15) is 9.59 Å². The van der Waals surface area contributed by atoms with Crippen molar-refractivity contribution in [2.24, 2.45) is 0 Å². The second-order valence-electron chi connectivity index (χ2n) is 26.1. The van der Waals surface area contributed by atoms with Gasteiger partial charge < -0.3 is 38.5 Å². The third-order valence-corrected chi connectivity index (χ3v) is 21.2. The minimum atomic E-state index is -0.699. The fraction of sp³-hybridized carbons (Fsp3) is 0.380. The van der Waals surface area contributed by atoms with Crippen LogP contribution < -0.4 is 19.3 Å². The normalized spacial score (nSPS) is 20.0. The third kappa shape index (κ3) is 11.0. The molecule has 20 nitrogen and oxygen atoms in total. The summed E-state index contributed by atoms with van der Waals surface area (Å²) in [4.78, 5) is 78.7. The number of carbonyl (C=O) groups excluding carboxylic acids is 2. The lowest BCUT2D eigenvalue weighted by molar-refractivity contribution is -0.165. The highest BCUT2D eigenvalue weighted by Crippen LogP contribution is 2.44. The number of hydrogen-bond acceptors (Lipinski definition) is 18. The highest BCUT2D eigenvalue weighted by molar-refractivity contribution is 6.37. The number of anilines is 2. The maximum Gasteiger partial charge on any atom is 0.319 e. The number of rotatable bonds is 16. The van der Waals surface area contributed by atoms with Gasteiger partial charge in [-0.15, -0.1) is 0 Å². The minimum absolute atomic E-state index is 0.0179. The molecule has 12 heterocycles. The Morgan fingerprint density at radius 2 is 1.20 bits per heavy atom. The first-order valence-corrected chi connectivity index (χ1v) is 33.4. The molecule has 5 aromatic heterocycles. The Kier molecular flexibility index (Phi) is 16.0. The molecule has 0 bridgehead atoms. The summed E-state index contributed by atoms with van der Waals surface area (Å²) in [7, 11) is 0. The van der Waals surface area contributed by atoms with Gasteiger partial charge in [-0.25, -0.2) is 18.7 Å².